The second-order valence-corrected chi connectivity index (χ2v) is 3.56. The molecule has 0 spiro atoms. The van der Waals surface area contributed by atoms with Crippen LogP contribution in [0.1, 0.15) is 40.0 Å². The molecular formula is C10H19BrO2Zn-. The van der Waals surface area contributed by atoms with Gasteiger partial charge in [-0.3, -0.25) is 4.79 Å². The molecule has 0 amide bonds. The van der Waals surface area contributed by atoms with E-state index >= 15 is 0 Å². The minimum absolute atomic E-state index is 0. The Balaban J connectivity index is -0.000000605. The second-order valence-electron chi connectivity index (χ2n) is 3.56. The van der Waals surface area contributed by atoms with Crippen LogP contribution in [0.25, 0.3) is 0 Å². The molecule has 0 bridgehead atoms. The molecule has 14 heavy (non-hydrogen) atoms. The van der Waals surface area contributed by atoms with Gasteiger partial charge in [-0.15, -0.1) is 0 Å². The standard InChI is InChI=1S/C10H19O2.BrH.Zn/c1-5-7-8-10(3,4)9(11)12-6-2;;/h1,5-8H2,2-4H3;1H;/p-1. The fraction of sp³-hybridized carbons (Fsp3) is 0.800. The smallest absolute Gasteiger partial charge is 0.311 e. The van der Waals surface area contributed by atoms with Crippen molar-refractivity contribution in [1.29, 1.82) is 0 Å². The molecule has 0 aliphatic carbocycles. The molecular weight excluding hydrogens is 297 g/mol. The van der Waals surface area contributed by atoms with Crippen LogP contribution in [0.3, 0.4) is 0 Å². The van der Waals surface area contributed by atoms with Gasteiger partial charge in [0.1, 0.15) is 0 Å². The van der Waals surface area contributed by atoms with Crippen LogP contribution in [-0.2, 0) is 29.0 Å². The van der Waals surface area contributed by atoms with Gasteiger partial charge in [-0.05, 0) is 27.2 Å². The van der Waals surface area contributed by atoms with Crippen LogP contribution < -0.4 is 17.0 Å². The van der Waals surface area contributed by atoms with Crippen LogP contribution in [0.15, 0.2) is 0 Å². The summed E-state index contributed by atoms with van der Waals surface area (Å²) < 4.78 is 4.94. The van der Waals surface area contributed by atoms with Crippen LogP contribution >= 0.6 is 0 Å². The van der Waals surface area contributed by atoms with E-state index in [2.05, 4.69) is 6.92 Å². The quantitative estimate of drug-likeness (QED) is 0.509. The Morgan fingerprint density at radius 2 is 1.93 bits per heavy atom. The van der Waals surface area contributed by atoms with E-state index in [9.17, 15) is 4.79 Å². The number of rotatable bonds is 5. The van der Waals surface area contributed by atoms with Crippen molar-refractivity contribution in [3.8, 4) is 0 Å². The summed E-state index contributed by atoms with van der Waals surface area (Å²) >= 11 is 0. The Kier molecular flexibility index (Phi) is 14.5. The second kappa shape index (κ2) is 10.1. The van der Waals surface area contributed by atoms with Gasteiger partial charge in [0.05, 0.1) is 12.0 Å². The van der Waals surface area contributed by atoms with Crippen molar-refractivity contribution in [2.75, 3.05) is 6.61 Å². The topological polar surface area (TPSA) is 26.3 Å². The van der Waals surface area contributed by atoms with Crippen LogP contribution in [-0.4, -0.2) is 12.6 Å². The number of esters is 1. The van der Waals surface area contributed by atoms with Crippen molar-refractivity contribution in [3.05, 3.63) is 6.92 Å². The maximum absolute atomic E-state index is 11.3. The van der Waals surface area contributed by atoms with Gasteiger partial charge in [0.25, 0.3) is 0 Å². The molecule has 0 unspecified atom stereocenters. The zero-order valence-corrected chi connectivity index (χ0v) is 14.0. The molecule has 0 aliphatic heterocycles. The number of carbonyl (C=O) groups excluding carboxylic acids is 1. The van der Waals surface area contributed by atoms with Crippen molar-refractivity contribution < 1.29 is 46.0 Å². The van der Waals surface area contributed by atoms with Gasteiger partial charge < -0.3 is 21.7 Å². The summed E-state index contributed by atoms with van der Waals surface area (Å²) in [5, 5.41) is 0. The van der Waals surface area contributed by atoms with E-state index in [4.69, 9.17) is 4.74 Å². The first-order valence-electron chi connectivity index (χ1n) is 4.51. The summed E-state index contributed by atoms with van der Waals surface area (Å²) in [5.74, 6) is -0.0987. The summed E-state index contributed by atoms with van der Waals surface area (Å²) in [6, 6.07) is 0. The number of ether oxygens (including phenoxy) is 1. The third kappa shape index (κ3) is 7.93. The van der Waals surface area contributed by atoms with Crippen molar-refractivity contribution in [3.63, 3.8) is 0 Å². The summed E-state index contributed by atoms with van der Waals surface area (Å²) in [4.78, 5) is 11.3. The van der Waals surface area contributed by atoms with Crippen molar-refractivity contribution in [2.45, 2.75) is 40.0 Å². The molecule has 81 valence electrons. The number of hydrogen-bond donors (Lipinski definition) is 0. The molecule has 0 aromatic rings. The van der Waals surface area contributed by atoms with E-state index in [-0.39, 0.29) is 47.8 Å². The van der Waals surface area contributed by atoms with E-state index in [1.807, 2.05) is 20.8 Å². The van der Waals surface area contributed by atoms with Gasteiger partial charge >= 0.3 is 5.97 Å². The number of unbranched alkanes of at least 4 members (excludes halogenated alkanes) is 1. The van der Waals surface area contributed by atoms with Crippen molar-refractivity contribution >= 4 is 5.97 Å². The van der Waals surface area contributed by atoms with Gasteiger partial charge in [0.15, 0.2) is 0 Å². The molecule has 0 aromatic carbocycles. The number of halogens is 1. The maximum atomic E-state index is 11.3. The summed E-state index contributed by atoms with van der Waals surface area (Å²) in [6.07, 6.45) is 2.71. The Bertz CT molecular complexity index is 149. The van der Waals surface area contributed by atoms with Crippen LogP contribution in [0.2, 0.25) is 0 Å². The van der Waals surface area contributed by atoms with Crippen LogP contribution in [0.5, 0.6) is 0 Å². The largest absolute Gasteiger partial charge is 1.00 e. The molecule has 4 heteroatoms. The first kappa shape index (κ1) is 20.0. The average molecular weight is 317 g/mol. The molecule has 0 rings (SSSR count). The number of hydrogen-bond acceptors (Lipinski definition) is 2. The predicted octanol–water partition coefficient (Wildman–Crippen LogP) is -0.418. The predicted molar refractivity (Wildman–Crippen MR) is 49.6 cm³/mol. The van der Waals surface area contributed by atoms with E-state index < -0.39 is 0 Å². The monoisotopic (exact) mass is 314 g/mol. The van der Waals surface area contributed by atoms with Crippen LogP contribution in [0, 0.1) is 12.3 Å². The van der Waals surface area contributed by atoms with Gasteiger partial charge in [-0.2, -0.15) is 0 Å². The Morgan fingerprint density at radius 1 is 1.43 bits per heavy atom. The molecule has 0 N–H and O–H groups in total. The minimum Gasteiger partial charge on any atom is -1.00 e. The number of carbonyl (C=O) groups is 1. The zero-order chi connectivity index (χ0) is 9.61. The first-order valence-corrected chi connectivity index (χ1v) is 4.51. The molecule has 0 aliphatic rings. The first-order chi connectivity index (χ1) is 5.54. The molecule has 2 nitrogen and oxygen atoms in total. The summed E-state index contributed by atoms with van der Waals surface area (Å²) in [5.41, 5.74) is -0.340. The van der Waals surface area contributed by atoms with E-state index in [1.165, 1.54) is 0 Å². The molecule has 0 aromatic heterocycles. The molecule has 0 saturated heterocycles. The average Bonchev–Trinajstić information content (AvgIpc) is 2.01. The minimum atomic E-state index is -0.340. The Morgan fingerprint density at radius 3 is 2.29 bits per heavy atom. The van der Waals surface area contributed by atoms with Gasteiger partial charge in [-0.1, -0.05) is 19.8 Å². The van der Waals surface area contributed by atoms with Crippen LogP contribution in [0.4, 0.5) is 0 Å². The fourth-order valence-electron chi connectivity index (χ4n) is 0.995. The summed E-state index contributed by atoms with van der Waals surface area (Å²) in [6.45, 7) is 9.87. The van der Waals surface area contributed by atoms with Gasteiger partial charge in [0.2, 0.25) is 0 Å². The third-order valence-corrected chi connectivity index (χ3v) is 1.88. The summed E-state index contributed by atoms with van der Waals surface area (Å²) in [7, 11) is 0. The zero-order valence-electron chi connectivity index (χ0n) is 9.44. The normalized spacial score (nSPS) is 9.71. The van der Waals surface area contributed by atoms with Crippen molar-refractivity contribution in [2.24, 2.45) is 5.41 Å². The molecule has 0 atom stereocenters. The maximum Gasteiger partial charge on any atom is 0.311 e. The SMILES string of the molecule is [Br-].[CH2]CCCC(C)(C)C(=O)OCC.[Zn]. The molecule has 1 radical (unpaired) electrons. The molecule has 0 saturated carbocycles. The fourth-order valence-corrected chi connectivity index (χ4v) is 0.995. The van der Waals surface area contributed by atoms with Gasteiger partial charge in [-0.25, -0.2) is 0 Å². The molecule has 0 heterocycles. The third-order valence-electron chi connectivity index (χ3n) is 1.88. The van der Waals surface area contributed by atoms with E-state index in [1.54, 1.807) is 0 Å². The van der Waals surface area contributed by atoms with Crippen molar-refractivity contribution in [1.82, 2.24) is 0 Å². The molecule has 0 fully saturated rings. The van der Waals surface area contributed by atoms with E-state index in [0.29, 0.717) is 6.61 Å². The van der Waals surface area contributed by atoms with E-state index in [0.717, 1.165) is 19.3 Å². The Hall–Kier alpha value is 0.573. The Labute approximate surface area is 111 Å². The van der Waals surface area contributed by atoms with Gasteiger partial charge in [0, 0.05) is 19.5 Å².